The predicted octanol–water partition coefficient (Wildman–Crippen LogP) is 3.00. The minimum absolute atomic E-state index is 0.209. The highest BCUT2D eigenvalue weighted by Gasteiger charge is 2.41. The highest BCUT2D eigenvalue weighted by Crippen LogP contribution is 2.40. The van der Waals surface area contributed by atoms with Crippen molar-refractivity contribution in [1.29, 1.82) is 0 Å². The minimum Gasteiger partial charge on any atom is -0.343 e. The van der Waals surface area contributed by atoms with Crippen LogP contribution in [0.5, 0.6) is 0 Å². The standard InChI is InChI=1S/C21H31N3O2S/c1-2-27-16-7-20(26)23-14-9-21(10-15-23)8-3-19(25)24(17-21)13-6-18-4-11-22-12-5-18/h4-5,11-12H,2-3,6-10,13-17H2,1H3. The van der Waals surface area contributed by atoms with Crippen molar-refractivity contribution >= 4 is 23.6 Å². The Morgan fingerprint density at radius 3 is 2.67 bits per heavy atom. The summed E-state index contributed by atoms with van der Waals surface area (Å²) in [5.74, 6) is 2.57. The number of hydrogen-bond donors (Lipinski definition) is 0. The van der Waals surface area contributed by atoms with Gasteiger partial charge >= 0.3 is 0 Å². The molecule has 27 heavy (non-hydrogen) atoms. The van der Waals surface area contributed by atoms with Gasteiger partial charge in [0.05, 0.1) is 0 Å². The first-order valence-electron chi connectivity index (χ1n) is 10.1. The molecule has 0 bridgehead atoms. The molecule has 0 unspecified atom stereocenters. The van der Waals surface area contributed by atoms with Gasteiger partial charge in [-0.25, -0.2) is 0 Å². The van der Waals surface area contributed by atoms with Crippen molar-refractivity contribution in [2.24, 2.45) is 5.41 Å². The molecule has 0 aromatic carbocycles. The van der Waals surface area contributed by atoms with Crippen molar-refractivity contribution in [3.63, 3.8) is 0 Å². The zero-order valence-electron chi connectivity index (χ0n) is 16.4. The predicted molar refractivity (Wildman–Crippen MR) is 110 cm³/mol. The number of thioether (sulfide) groups is 1. The highest BCUT2D eigenvalue weighted by molar-refractivity contribution is 7.99. The lowest BCUT2D eigenvalue weighted by Crippen LogP contribution is -2.52. The zero-order valence-corrected chi connectivity index (χ0v) is 17.2. The number of aromatic nitrogens is 1. The van der Waals surface area contributed by atoms with Crippen LogP contribution in [0.15, 0.2) is 24.5 Å². The Morgan fingerprint density at radius 2 is 1.96 bits per heavy atom. The van der Waals surface area contributed by atoms with Gasteiger partial charge in [-0.1, -0.05) is 6.92 Å². The minimum atomic E-state index is 0.209. The lowest BCUT2D eigenvalue weighted by Gasteiger charge is -2.47. The van der Waals surface area contributed by atoms with Crippen LogP contribution in [0.25, 0.3) is 0 Å². The van der Waals surface area contributed by atoms with E-state index in [4.69, 9.17) is 0 Å². The maximum absolute atomic E-state index is 12.4. The highest BCUT2D eigenvalue weighted by atomic mass is 32.2. The van der Waals surface area contributed by atoms with E-state index in [-0.39, 0.29) is 11.3 Å². The van der Waals surface area contributed by atoms with E-state index in [1.165, 1.54) is 5.56 Å². The monoisotopic (exact) mass is 389 g/mol. The molecule has 0 radical (unpaired) electrons. The Balaban J connectivity index is 1.50. The second-order valence-corrected chi connectivity index (χ2v) is 9.14. The Kier molecular flexibility index (Phi) is 7.16. The fourth-order valence-corrected chi connectivity index (χ4v) is 4.83. The van der Waals surface area contributed by atoms with Gasteiger partial charge in [-0.05, 0) is 54.5 Å². The Bertz CT molecular complexity index is 630. The first-order chi connectivity index (χ1) is 13.1. The molecule has 148 valence electrons. The normalized spacial score (nSPS) is 19.5. The van der Waals surface area contributed by atoms with Gasteiger partial charge in [0.25, 0.3) is 0 Å². The molecule has 0 atom stereocenters. The van der Waals surface area contributed by atoms with Crippen LogP contribution in [0.1, 0.15) is 44.6 Å². The van der Waals surface area contributed by atoms with E-state index in [9.17, 15) is 9.59 Å². The number of pyridine rings is 1. The molecule has 2 aliphatic heterocycles. The fourth-order valence-electron chi connectivity index (χ4n) is 4.22. The van der Waals surface area contributed by atoms with Crippen molar-refractivity contribution in [2.45, 2.75) is 45.4 Å². The van der Waals surface area contributed by atoms with Crippen LogP contribution < -0.4 is 0 Å². The Morgan fingerprint density at radius 1 is 1.22 bits per heavy atom. The summed E-state index contributed by atoms with van der Waals surface area (Å²) >= 11 is 1.83. The molecule has 2 aliphatic rings. The van der Waals surface area contributed by atoms with Crippen molar-refractivity contribution in [3.05, 3.63) is 30.1 Å². The number of rotatable bonds is 7. The maximum atomic E-state index is 12.4. The molecule has 2 saturated heterocycles. The molecule has 1 aromatic rings. The molecular weight excluding hydrogens is 358 g/mol. The molecule has 2 amide bonds. The Labute approximate surface area is 166 Å². The van der Waals surface area contributed by atoms with Crippen LogP contribution >= 0.6 is 11.8 Å². The summed E-state index contributed by atoms with van der Waals surface area (Å²) in [6, 6.07) is 4.04. The summed E-state index contributed by atoms with van der Waals surface area (Å²) in [5.41, 5.74) is 1.43. The Hall–Kier alpha value is -1.56. The third kappa shape index (κ3) is 5.47. The molecule has 2 fully saturated rings. The van der Waals surface area contributed by atoms with E-state index < -0.39 is 0 Å². The largest absolute Gasteiger partial charge is 0.343 e. The van der Waals surface area contributed by atoms with Gasteiger partial charge in [0, 0.05) is 57.2 Å². The summed E-state index contributed by atoms with van der Waals surface area (Å²) in [4.78, 5) is 32.9. The second-order valence-electron chi connectivity index (χ2n) is 7.75. The lowest BCUT2D eigenvalue weighted by atomic mass is 9.72. The van der Waals surface area contributed by atoms with E-state index in [1.807, 2.05) is 28.8 Å². The third-order valence-electron chi connectivity index (χ3n) is 6.01. The van der Waals surface area contributed by atoms with E-state index in [1.54, 1.807) is 12.4 Å². The SMILES string of the molecule is CCSCCC(=O)N1CCC2(CCC(=O)N(CCc3ccncc3)C2)CC1. The average Bonchev–Trinajstić information content (AvgIpc) is 2.70. The number of carbonyl (C=O) groups is 2. The molecular formula is C21H31N3O2S. The van der Waals surface area contributed by atoms with E-state index in [2.05, 4.69) is 16.8 Å². The lowest BCUT2D eigenvalue weighted by molar-refractivity contribution is -0.142. The van der Waals surface area contributed by atoms with Crippen LogP contribution in [0.3, 0.4) is 0 Å². The molecule has 6 heteroatoms. The van der Waals surface area contributed by atoms with Gasteiger partial charge < -0.3 is 9.80 Å². The summed E-state index contributed by atoms with van der Waals surface area (Å²) in [5, 5.41) is 0. The smallest absolute Gasteiger partial charge is 0.223 e. The summed E-state index contributed by atoms with van der Waals surface area (Å²) < 4.78 is 0. The second kappa shape index (κ2) is 9.58. The van der Waals surface area contributed by atoms with E-state index >= 15 is 0 Å². The number of nitrogens with zero attached hydrogens (tertiary/aromatic N) is 3. The summed E-state index contributed by atoms with van der Waals surface area (Å²) in [7, 11) is 0. The molecule has 1 spiro atoms. The van der Waals surface area contributed by atoms with Gasteiger partial charge in [0.2, 0.25) is 11.8 Å². The number of hydrogen-bond acceptors (Lipinski definition) is 4. The van der Waals surface area contributed by atoms with Crippen molar-refractivity contribution in [3.8, 4) is 0 Å². The van der Waals surface area contributed by atoms with Gasteiger partial charge in [-0.15, -0.1) is 0 Å². The average molecular weight is 390 g/mol. The van der Waals surface area contributed by atoms with Crippen LogP contribution in [0.2, 0.25) is 0 Å². The molecule has 0 aliphatic carbocycles. The summed E-state index contributed by atoms with van der Waals surface area (Å²) in [6.07, 6.45) is 8.83. The van der Waals surface area contributed by atoms with Gasteiger partial charge in [-0.3, -0.25) is 14.6 Å². The van der Waals surface area contributed by atoms with E-state index in [0.717, 1.165) is 63.4 Å². The molecule has 1 aromatic heterocycles. The molecule has 3 rings (SSSR count). The van der Waals surface area contributed by atoms with Crippen molar-refractivity contribution in [2.75, 3.05) is 37.7 Å². The quantitative estimate of drug-likeness (QED) is 0.673. The maximum Gasteiger partial charge on any atom is 0.223 e. The topological polar surface area (TPSA) is 53.5 Å². The number of likely N-dealkylation sites (tertiary alicyclic amines) is 2. The first-order valence-corrected chi connectivity index (χ1v) is 11.3. The van der Waals surface area contributed by atoms with Crippen molar-refractivity contribution < 1.29 is 9.59 Å². The van der Waals surface area contributed by atoms with Gasteiger partial charge in [0.15, 0.2) is 0 Å². The van der Waals surface area contributed by atoms with Crippen LogP contribution in [0, 0.1) is 5.41 Å². The molecule has 0 saturated carbocycles. The molecule has 3 heterocycles. The number of carbonyl (C=O) groups excluding carboxylic acids is 2. The molecule has 5 nitrogen and oxygen atoms in total. The molecule has 0 N–H and O–H groups in total. The van der Waals surface area contributed by atoms with E-state index in [0.29, 0.717) is 18.7 Å². The summed E-state index contributed by atoms with van der Waals surface area (Å²) in [6.45, 7) is 5.46. The fraction of sp³-hybridized carbons (Fsp3) is 0.667. The zero-order chi connectivity index (χ0) is 19.1. The van der Waals surface area contributed by atoms with Crippen molar-refractivity contribution in [1.82, 2.24) is 14.8 Å². The van der Waals surface area contributed by atoms with Crippen LogP contribution in [0.4, 0.5) is 0 Å². The van der Waals surface area contributed by atoms with Crippen LogP contribution in [-0.4, -0.2) is 64.3 Å². The first kappa shape index (κ1) is 20.2. The number of piperidine rings is 2. The number of amides is 2. The van der Waals surface area contributed by atoms with Gasteiger partial charge in [0.1, 0.15) is 0 Å². The van der Waals surface area contributed by atoms with Crippen LogP contribution in [-0.2, 0) is 16.0 Å². The third-order valence-corrected chi connectivity index (χ3v) is 6.91. The van der Waals surface area contributed by atoms with Gasteiger partial charge in [-0.2, -0.15) is 11.8 Å².